The lowest BCUT2D eigenvalue weighted by Gasteiger charge is -2.24. The van der Waals surface area contributed by atoms with Gasteiger partial charge >= 0.3 is 0 Å². The maximum atomic E-state index is 12.7. The summed E-state index contributed by atoms with van der Waals surface area (Å²) in [5, 5.41) is 7.97. The van der Waals surface area contributed by atoms with E-state index >= 15 is 0 Å². The predicted octanol–water partition coefficient (Wildman–Crippen LogP) is 0.0696. The fourth-order valence-corrected chi connectivity index (χ4v) is 3.51. The predicted molar refractivity (Wildman–Crippen MR) is 99.3 cm³/mol. The molecule has 0 atom stereocenters. The van der Waals surface area contributed by atoms with Gasteiger partial charge in [0.2, 0.25) is 21.8 Å². The maximum Gasteiger partial charge on any atom is 0.241 e. The summed E-state index contributed by atoms with van der Waals surface area (Å²) < 4.78 is 22.9. The van der Waals surface area contributed by atoms with Gasteiger partial charge < -0.3 is 10.2 Å². The van der Waals surface area contributed by atoms with Crippen LogP contribution in [0.2, 0.25) is 0 Å². The van der Waals surface area contributed by atoms with Gasteiger partial charge in [-0.15, -0.1) is 0 Å². The summed E-state index contributed by atoms with van der Waals surface area (Å²) in [4.78, 5) is 28.0. The Labute approximate surface area is 154 Å². The second kappa shape index (κ2) is 8.15. The first-order chi connectivity index (χ1) is 12.1. The maximum absolute atomic E-state index is 12.7. The third-order valence-corrected chi connectivity index (χ3v) is 5.11. The van der Waals surface area contributed by atoms with Crippen LogP contribution >= 0.6 is 0 Å². The molecular formula is C17H26N4O4S. The van der Waals surface area contributed by atoms with Gasteiger partial charge in [-0.25, -0.2) is 13.6 Å². The van der Waals surface area contributed by atoms with Crippen LogP contribution in [-0.2, 0) is 26.0 Å². The van der Waals surface area contributed by atoms with Gasteiger partial charge in [0, 0.05) is 18.3 Å². The number of nitrogens with two attached hydrogens (primary N) is 1. The van der Waals surface area contributed by atoms with Crippen molar-refractivity contribution >= 4 is 27.5 Å². The first-order valence-electron chi connectivity index (χ1n) is 8.59. The molecule has 0 bridgehead atoms. The highest BCUT2D eigenvalue weighted by atomic mass is 32.2. The van der Waals surface area contributed by atoms with Crippen LogP contribution < -0.4 is 15.4 Å². The summed E-state index contributed by atoms with van der Waals surface area (Å²) in [7, 11) is -3.76. The van der Waals surface area contributed by atoms with E-state index in [9.17, 15) is 18.0 Å². The molecule has 1 aliphatic heterocycles. The van der Waals surface area contributed by atoms with Crippen LogP contribution in [0, 0.1) is 0 Å². The molecule has 0 saturated heterocycles. The molecule has 1 heterocycles. The number of likely N-dealkylation sites (N-methyl/N-ethyl adjacent to an activating group) is 1. The average Bonchev–Trinajstić information content (AvgIpc) is 2.95. The molecule has 2 amide bonds. The van der Waals surface area contributed by atoms with Gasteiger partial charge in [0.15, 0.2) is 0 Å². The van der Waals surface area contributed by atoms with Crippen LogP contribution in [0.15, 0.2) is 23.1 Å². The monoisotopic (exact) mass is 382 g/mol. The summed E-state index contributed by atoms with van der Waals surface area (Å²) in [5.74, 6) is -0.236. The van der Waals surface area contributed by atoms with Crippen molar-refractivity contribution in [1.29, 1.82) is 0 Å². The van der Waals surface area contributed by atoms with Crippen LogP contribution in [0.5, 0.6) is 0 Å². The van der Waals surface area contributed by atoms with Crippen molar-refractivity contribution in [3.05, 3.63) is 23.8 Å². The Balaban J connectivity index is 2.06. The van der Waals surface area contributed by atoms with E-state index in [4.69, 9.17) is 5.14 Å². The number of nitrogens with one attached hydrogen (secondary N) is 1. The number of amides is 2. The van der Waals surface area contributed by atoms with Crippen molar-refractivity contribution in [3.8, 4) is 0 Å². The Kier molecular flexibility index (Phi) is 6.38. The summed E-state index contributed by atoms with van der Waals surface area (Å²) >= 11 is 0. The molecule has 0 radical (unpaired) electrons. The van der Waals surface area contributed by atoms with Crippen LogP contribution in [0.1, 0.15) is 26.3 Å². The number of benzene rings is 1. The highest BCUT2D eigenvalue weighted by Gasteiger charge is 2.27. The molecule has 0 spiro atoms. The van der Waals surface area contributed by atoms with Gasteiger partial charge in [-0.1, -0.05) is 6.92 Å². The highest BCUT2D eigenvalue weighted by molar-refractivity contribution is 7.89. The zero-order chi connectivity index (χ0) is 19.5. The quantitative estimate of drug-likeness (QED) is 0.693. The Morgan fingerprint density at radius 1 is 1.31 bits per heavy atom. The van der Waals surface area contributed by atoms with Gasteiger partial charge in [0.05, 0.1) is 18.0 Å². The lowest BCUT2D eigenvalue weighted by atomic mass is 10.2. The fourth-order valence-electron chi connectivity index (χ4n) is 2.94. The number of carbonyl (C=O) groups is 2. The molecule has 0 aliphatic carbocycles. The van der Waals surface area contributed by atoms with Crippen LogP contribution in [0.3, 0.4) is 0 Å². The Hall–Kier alpha value is -1.97. The molecule has 1 aromatic rings. The molecule has 26 heavy (non-hydrogen) atoms. The molecule has 2 rings (SSSR count). The minimum atomic E-state index is -3.76. The van der Waals surface area contributed by atoms with Crippen molar-refractivity contribution in [2.75, 3.05) is 31.1 Å². The van der Waals surface area contributed by atoms with Crippen molar-refractivity contribution in [2.45, 2.75) is 38.1 Å². The molecule has 0 aromatic heterocycles. The normalized spacial score (nSPS) is 14.0. The van der Waals surface area contributed by atoms with Crippen molar-refractivity contribution < 1.29 is 18.0 Å². The third-order valence-electron chi connectivity index (χ3n) is 4.20. The third kappa shape index (κ3) is 5.03. The Morgan fingerprint density at radius 3 is 2.58 bits per heavy atom. The second-order valence-electron chi connectivity index (χ2n) is 6.66. The minimum absolute atomic E-state index is 0.0473. The number of fused-ring (bicyclic) bond motifs is 1. The van der Waals surface area contributed by atoms with Crippen molar-refractivity contribution in [3.63, 3.8) is 0 Å². The number of sulfonamides is 1. The van der Waals surface area contributed by atoms with Crippen LogP contribution in [0.4, 0.5) is 5.69 Å². The zero-order valence-corrected chi connectivity index (χ0v) is 16.2. The summed E-state index contributed by atoms with van der Waals surface area (Å²) in [5.41, 5.74) is 1.48. The minimum Gasteiger partial charge on any atom is -0.353 e. The highest BCUT2D eigenvalue weighted by Crippen LogP contribution is 2.30. The van der Waals surface area contributed by atoms with E-state index in [1.165, 1.54) is 12.1 Å². The van der Waals surface area contributed by atoms with Crippen molar-refractivity contribution in [2.24, 2.45) is 5.14 Å². The molecule has 0 fully saturated rings. The zero-order valence-electron chi connectivity index (χ0n) is 15.4. The molecule has 9 heteroatoms. The van der Waals surface area contributed by atoms with E-state index < -0.39 is 10.0 Å². The lowest BCUT2D eigenvalue weighted by Crippen LogP contribution is -2.45. The topological polar surface area (TPSA) is 113 Å². The summed E-state index contributed by atoms with van der Waals surface area (Å²) in [6.07, 6.45) is 0.574. The number of carbonyl (C=O) groups excluding carboxylic acids is 2. The van der Waals surface area contributed by atoms with E-state index in [2.05, 4.69) is 5.32 Å². The number of hydrogen-bond donors (Lipinski definition) is 2. The number of hydrogen-bond acceptors (Lipinski definition) is 5. The van der Waals surface area contributed by atoms with Crippen LogP contribution in [-0.4, -0.2) is 57.4 Å². The number of nitrogens with zero attached hydrogens (tertiary/aromatic N) is 2. The summed E-state index contributed by atoms with van der Waals surface area (Å²) in [6.45, 7) is 7.00. The molecule has 144 valence electrons. The number of primary sulfonamides is 1. The smallest absolute Gasteiger partial charge is 0.241 e. The largest absolute Gasteiger partial charge is 0.353 e. The van der Waals surface area contributed by atoms with E-state index in [0.29, 0.717) is 25.2 Å². The van der Waals surface area contributed by atoms with E-state index in [1.807, 2.05) is 20.8 Å². The number of rotatable bonds is 7. The standard InChI is InChI=1S/C17H26N4O4S/c1-4-20(10-16(22)19-12(2)3)11-17(23)21-8-7-13-9-14(26(18,24)25)5-6-15(13)21/h5-6,9,12H,4,7-8,10-11H2,1-3H3,(H,19,22)(H2,18,24,25). The molecule has 3 N–H and O–H groups in total. The van der Waals surface area contributed by atoms with Gasteiger partial charge in [-0.05, 0) is 50.6 Å². The van der Waals surface area contributed by atoms with Gasteiger partial charge in [0.1, 0.15) is 0 Å². The van der Waals surface area contributed by atoms with E-state index in [-0.39, 0.29) is 35.8 Å². The van der Waals surface area contributed by atoms with Gasteiger partial charge in [0.25, 0.3) is 0 Å². The fraction of sp³-hybridized carbons (Fsp3) is 0.529. The van der Waals surface area contributed by atoms with E-state index in [1.54, 1.807) is 15.9 Å². The Bertz CT molecular complexity index is 792. The lowest BCUT2D eigenvalue weighted by molar-refractivity contribution is -0.124. The second-order valence-corrected chi connectivity index (χ2v) is 8.22. The SMILES string of the molecule is CCN(CC(=O)NC(C)C)CC(=O)N1CCc2cc(S(N)(=O)=O)ccc21. The first-order valence-corrected chi connectivity index (χ1v) is 10.1. The Morgan fingerprint density at radius 2 is 2.00 bits per heavy atom. The molecule has 8 nitrogen and oxygen atoms in total. The molecule has 1 aromatic carbocycles. The average molecular weight is 382 g/mol. The van der Waals surface area contributed by atoms with E-state index in [0.717, 1.165) is 5.56 Å². The molecule has 1 aliphatic rings. The summed E-state index contributed by atoms with van der Waals surface area (Å²) in [6, 6.07) is 4.59. The van der Waals surface area contributed by atoms with Crippen LogP contribution in [0.25, 0.3) is 0 Å². The van der Waals surface area contributed by atoms with Gasteiger partial charge in [-0.3, -0.25) is 14.5 Å². The first kappa shape index (κ1) is 20.3. The molecule has 0 unspecified atom stereocenters. The van der Waals surface area contributed by atoms with Gasteiger partial charge in [-0.2, -0.15) is 0 Å². The molecular weight excluding hydrogens is 356 g/mol. The number of anilines is 1. The van der Waals surface area contributed by atoms with Crippen molar-refractivity contribution in [1.82, 2.24) is 10.2 Å². The molecule has 0 saturated carbocycles.